The van der Waals surface area contributed by atoms with Crippen LogP contribution in [0.25, 0.3) is 0 Å². The number of benzene rings is 2. The van der Waals surface area contributed by atoms with Gasteiger partial charge in [-0.15, -0.1) is 0 Å². The fourth-order valence-electron chi connectivity index (χ4n) is 2.88. The van der Waals surface area contributed by atoms with Gasteiger partial charge < -0.3 is 15.0 Å². The molecule has 3 rings (SSSR count). The zero-order valence-electron chi connectivity index (χ0n) is 13.6. The van der Waals surface area contributed by atoms with Crippen LogP contribution >= 0.6 is 11.6 Å². The normalized spacial score (nSPS) is 18.9. The largest absolute Gasteiger partial charge is 0.370 e. The van der Waals surface area contributed by atoms with Gasteiger partial charge in [-0.25, -0.2) is 4.79 Å². The van der Waals surface area contributed by atoms with Gasteiger partial charge >= 0.3 is 6.03 Å². The highest BCUT2D eigenvalue weighted by Crippen LogP contribution is 2.24. The van der Waals surface area contributed by atoms with E-state index in [0.717, 1.165) is 11.1 Å². The van der Waals surface area contributed by atoms with E-state index in [2.05, 4.69) is 5.32 Å². The molecule has 0 aliphatic carbocycles. The van der Waals surface area contributed by atoms with Crippen LogP contribution in [0, 0.1) is 0 Å². The summed E-state index contributed by atoms with van der Waals surface area (Å²) < 4.78 is 5.81. The Morgan fingerprint density at radius 3 is 2.67 bits per heavy atom. The number of hydrogen-bond acceptors (Lipinski definition) is 2. The van der Waals surface area contributed by atoms with Crippen LogP contribution in [0.1, 0.15) is 30.2 Å². The molecule has 4 nitrogen and oxygen atoms in total. The second-order valence-electron chi connectivity index (χ2n) is 5.91. The SMILES string of the molecule is CC(NC(=O)N1CCOC(c2ccccc2)C1)c1ccccc1Cl. The lowest BCUT2D eigenvalue weighted by Gasteiger charge is -2.34. The maximum atomic E-state index is 12.6. The molecule has 2 atom stereocenters. The molecule has 0 radical (unpaired) electrons. The molecule has 1 heterocycles. The van der Waals surface area contributed by atoms with Crippen LogP contribution in [0.4, 0.5) is 4.79 Å². The van der Waals surface area contributed by atoms with Crippen LogP contribution in [0.5, 0.6) is 0 Å². The van der Waals surface area contributed by atoms with Gasteiger partial charge in [0, 0.05) is 11.6 Å². The summed E-state index contributed by atoms with van der Waals surface area (Å²) in [4.78, 5) is 14.4. The predicted octanol–water partition coefficient (Wildman–Crippen LogP) is 4.18. The van der Waals surface area contributed by atoms with E-state index in [4.69, 9.17) is 16.3 Å². The average molecular weight is 345 g/mol. The van der Waals surface area contributed by atoms with E-state index in [0.29, 0.717) is 24.7 Å². The van der Waals surface area contributed by atoms with Crippen LogP contribution in [0.15, 0.2) is 54.6 Å². The molecule has 0 spiro atoms. The minimum Gasteiger partial charge on any atom is -0.370 e. The molecule has 2 unspecified atom stereocenters. The molecule has 126 valence electrons. The molecule has 5 heteroatoms. The molecule has 1 aliphatic heterocycles. The Morgan fingerprint density at radius 2 is 1.92 bits per heavy atom. The molecule has 1 fully saturated rings. The van der Waals surface area contributed by atoms with Gasteiger partial charge in [0.25, 0.3) is 0 Å². The van der Waals surface area contributed by atoms with E-state index in [1.54, 1.807) is 4.90 Å². The molecular weight excluding hydrogens is 324 g/mol. The summed E-state index contributed by atoms with van der Waals surface area (Å²) >= 11 is 6.21. The fourth-order valence-corrected chi connectivity index (χ4v) is 3.18. The Bertz CT molecular complexity index is 693. The highest BCUT2D eigenvalue weighted by Gasteiger charge is 2.26. The molecule has 1 N–H and O–H groups in total. The second kappa shape index (κ2) is 7.69. The van der Waals surface area contributed by atoms with Gasteiger partial charge in [0.05, 0.1) is 19.2 Å². The number of nitrogens with one attached hydrogen (secondary N) is 1. The van der Waals surface area contributed by atoms with Gasteiger partial charge in [0.15, 0.2) is 0 Å². The number of hydrogen-bond donors (Lipinski definition) is 1. The molecule has 2 amide bonds. The molecule has 2 aromatic rings. The highest BCUT2D eigenvalue weighted by molar-refractivity contribution is 6.31. The third kappa shape index (κ3) is 3.89. The van der Waals surface area contributed by atoms with Crippen molar-refractivity contribution in [3.8, 4) is 0 Å². The molecule has 24 heavy (non-hydrogen) atoms. The highest BCUT2D eigenvalue weighted by atomic mass is 35.5. The van der Waals surface area contributed by atoms with E-state index >= 15 is 0 Å². The van der Waals surface area contributed by atoms with Gasteiger partial charge in [-0.1, -0.05) is 60.1 Å². The number of rotatable bonds is 3. The van der Waals surface area contributed by atoms with Gasteiger partial charge in [-0.2, -0.15) is 0 Å². The zero-order chi connectivity index (χ0) is 16.9. The van der Waals surface area contributed by atoms with Crippen molar-refractivity contribution in [1.29, 1.82) is 0 Å². The Labute approximate surface area is 147 Å². The molecular formula is C19H21ClN2O2. The average Bonchev–Trinajstić information content (AvgIpc) is 2.63. The zero-order valence-corrected chi connectivity index (χ0v) is 14.4. The van der Waals surface area contributed by atoms with Crippen molar-refractivity contribution < 1.29 is 9.53 Å². The van der Waals surface area contributed by atoms with Gasteiger partial charge in [-0.3, -0.25) is 0 Å². The van der Waals surface area contributed by atoms with E-state index in [1.165, 1.54) is 0 Å². The van der Waals surface area contributed by atoms with Gasteiger partial charge in [0.1, 0.15) is 6.10 Å². The van der Waals surface area contributed by atoms with E-state index < -0.39 is 0 Å². The first kappa shape index (κ1) is 16.8. The first-order valence-corrected chi connectivity index (χ1v) is 8.49. The lowest BCUT2D eigenvalue weighted by molar-refractivity contribution is -0.0157. The molecule has 1 aliphatic rings. The van der Waals surface area contributed by atoms with Crippen molar-refractivity contribution in [2.24, 2.45) is 0 Å². The quantitative estimate of drug-likeness (QED) is 0.907. The number of halogens is 1. The lowest BCUT2D eigenvalue weighted by atomic mass is 10.1. The summed E-state index contributed by atoms with van der Waals surface area (Å²) in [5, 5.41) is 3.69. The third-order valence-corrected chi connectivity index (χ3v) is 4.58. The first-order valence-electron chi connectivity index (χ1n) is 8.11. The van der Waals surface area contributed by atoms with Crippen LogP contribution in [0.2, 0.25) is 5.02 Å². The summed E-state index contributed by atoms with van der Waals surface area (Å²) in [6.45, 7) is 3.61. The van der Waals surface area contributed by atoms with Crippen molar-refractivity contribution in [1.82, 2.24) is 10.2 Å². The molecule has 2 aromatic carbocycles. The number of ether oxygens (including phenoxy) is 1. The van der Waals surface area contributed by atoms with Crippen molar-refractivity contribution in [3.63, 3.8) is 0 Å². The number of amides is 2. The predicted molar refractivity (Wildman–Crippen MR) is 95.1 cm³/mol. The Kier molecular flexibility index (Phi) is 5.38. The summed E-state index contributed by atoms with van der Waals surface area (Å²) in [6.07, 6.45) is -0.0821. The topological polar surface area (TPSA) is 41.6 Å². The monoisotopic (exact) mass is 344 g/mol. The van der Waals surface area contributed by atoms with Crippen molar-refractivity contribution >= 4 is 17.6 Å². The summed E-state index contributed by atoms with van der Waals surface area (Å²) in [7, 11) is 0. The number of morpholine rings is 1. The number of carbonyl (C=O) groups is 1. The van der Waals surface area contributed by atoms with Crippen molar-refractivity contribution in [2.45, 2.75) is 19.1 Å². The maximum absolute atomic E-state index is 12.6. The second-order valence-corrected chi connectivity index (χ2v) is 6.32. The summed E-state index contributed by atoms with van der Waals surface area (Å²) in [5.41, 5.74) is 2.01. The minimum atomic E-state index is -0.149. The Hall–Kier alpha value is -2.04. The Balaban J connectivity index is 1.63. The summed E-state index contributed by atoms with van der Waals surface area (Å²) in [5.74, 6) is 0. The van der Waals surface area contributed by atoms with E-state index in [-0.39, 0.29) is 18.2 Å². The van der Waals surface area contributed by atoms with E-state index in [9.17, 15) is 4.79 Å². The standard InChI is InChI=1S/C19H21ClN2O2/c1-14(16-9-5-6-10-17(16)20)21-19(23)22-11-12-24-18(13-22)15-7-3-2-4-8-15/h2-10,14,18H,11-13H2,1H3,(H,21,23). The smallest absolute Gasteiger partial charge is 0.318 e. The number of nitrogens with zero attached hydrogens (tertiary/aromatic N) is 1. The Morgan fingerprint density at radius 1 is 1.21 bits per heavy atom. The lowest BCUT2D eigenvalue weighted by Crippen LogP contribution is -2.47. The molecule has 0 aromatic heterocycles. The molecule has 0 bridgehead atoms. The third-order valence-electron chi connectivity index (χ3n) is 4.24. The van der Waals surface area contributed by atoms with Crippen LogP contribution < -0.4 is 5.32 Å². The van der Waals surface area contributed by atoms with Gasteiger partial charge in [0.2, 0.25) is 0 Å². The first-order chi connectivity index (χ1) is 11.6. The van der Waals surface area contributed by atoms with Gasteiger partial charge in [-0.05, 0) is 24.1 Å². The minimum absolute atomic E-state index is 0.0821. The van der Waals surface area contributed by atoms with Crippen LogP contribution in [-0.2, 0) is 4.74 Å². The van der Waals surface area contributed by atoms with Crippen LogP contribution in [-0.4, -0.2) is 30.6 Å². The molecule has 1 saturated heterocycles. The maximum Gasteiger partial charge on any atom is 0.318 e. The number of carbonyl (C=O) groups excluding carboxylic acids is 1. The van der Waals surface area contributed by atoms with Crippen molar-refractivity contribution in [2.75, 3.05) is 19.7 Å². The number of urea groups is 1. The van der Waals surface area contributed by atoms with Crippen molar-refractivity contribution in [3.05, 3.63) is 70.7 Å². The van der Waals surface area contributed by atoms with E-state index in [1.807, 2.05) is 61.5 Å². The summed E-state index contributed by atoms with van der Waals surface area (Å²) in [6, 6.07) is 17.3. The fraction of sp³-hybridized carbons (Fsp3) is 0.316. The molecule has 0 saturated carbocycles. The van der Waals surface area contributed by atoms with Crippen LogP contribution in [0.3, 0.4) is 0 Å².